The Bertz CT molecular complexity index is 465. The van der Waals surface area contributed by atoms with E-state index in [-0.39, 0.29) is 5.91 Å². The lowest BCUT2D eigenvalue weighted by Crippen LogP contribution is -2.31. The SMILES string of the molecule is CCOc1ccc(C(=O)NCCC(C)(C)C(=O)O)cc1. The molecule has 0 radical (unpaired) electrons. The summed E-state index contributed by atoms with van der Waals surface area (Å²) in [5.41, 5.74) is -0.312. The van der Waals surface area contributed by atoms with Crippen molar-refractivity contribution in [3.63, 3.8) is 0 Å². The van der Waals surface area contributed by atoms with Crippen molar-refractivity contribution in [3.05, 3.63) is 29.8 Å². The number of aliphatic carboxylic acids is 1. The smallest absolute Gasteiger partial charge is 0.309 e. The largest absolute Gasteiger partial charge is 0.494 e. The third-order valence-electron chi connectivity index (χ3n) is 3.04. The van der Waals surface area contributed by atoms with Gasteiger partial charge in [-0.1, -0.05) is 0 Å². The van der Waals surface area contributed by atoms with E-state index in [1.54, 1.807) is 38.1 Å². The van der Waals surface area contributed by atoms with E-state index < -0.39 is 11.4 Å². The second-order valence-corrected chi connectivity index (χ2v) is 5.15. The summed E-state index contributed by atoms with van der Waals surface area (Å²) >= 11 is 0. The monoisotopic (exact) mass is 279 g/mol. The minimum absolute atomic E-state index is 0.214. The second-order valence-electron chi connectivity index (χ2n) is 5.15. The molecule has 0 heterocycles. The molecule has 110 valence electrons. The van der Waals surface area contributed by atoms with Crippen molar-refractivity contribution >= 4 is 11.9 Å². The molecule has 0 aromatic heterocycles. The van der Waals surface area contributed by atoms with E-state index >= 15 is 0 Å². The summed E-state index contributed by atoms with van der Waals surface area (Å²) < 4.78 is 5.30. The van der Waals surface area contributed by atoms with E-state index in [9.17, 15) is 9.59 Å². The molecule has 2 N–H and O–H groups in total. The fourth-order valence-corrected chi connectivity index (χ4v) is 1.57. The van der Waals surface area contributed by atoms with E-state index in [2.05, 4.69) is 5.32 Å². The highest BCUT2D eigenvalue weighted by molar-refractivity contribution is 5.94. The summed E-state index contributed by atoms with van der Waals surface area (Å²) in [6.45, 7) is 6.07. The van der Waals surface area contributed by atoms with Crippen LogP contribution in [0.3, 0.4) is 0 Å². The number of carboxylic acid groups (broad SMARTS) is 1. The summed E-state index contributed by atoms with van der Waals surface area (Å²) in [5.74, 6) is -0.363. The van der Waals surface area contributed by atoms with Crippen LogP contribution in [-0.2, 0) is 4.79 Å². The van der Waals surface area contributed by atoms with Gasteiger partial charge in [0.2, 0.25) is 0 Å². The Morgan fingerprint density at radius 1 is 1.25 bits per heavy atom. The molecule has 0 saturated heterocycles. The molecule has 0 aliphatic carbocycles. The van der Waals surface area contributed by atoms with Crippen molar-refractivity contribution in [1.82, 2.24) is 5.32 Å². The van der Waals surface area contributed by atoms with Crippen molar-refractivity contribution in [2.24, 2.45) is 5.41 Å². The van der Waals surface area contributed by atoms with Crippen LogP contribution in [0.5, 0.6) is 5.75 Å². The molecular weight excluding hydrogens is 258 g/mol. The Morgan fingerprint density at radius 2 is 1.85 bits per heavy atom. The van der Waals surface area contributed by atoms with Gasteiger partial charge in [-0.15, -0.1) is 0 Å². The van der Waals surface area contributed by atoms with Gasteiger partial charge in [0.05, 0.1) is 12.0 Å². The van der Waals surface area contributed by atoms with Crippen LogP contribution in [0.1, 0.15) is 37.6 Å². The van der Waals surface area contributed by atoms with Crippen molar-refractivity contribution in [2.75, 3.05) is 13.2 Å². The normalized spacial score (nSPS) is 10.9. The van der Waals surface area contributed by atoms with E-state index in [0.717, 1.165) is 5.75 Å². The predicted molar refractivity (Wildman–Crippen MR) is 76.0 cm³/mol. The van der Waals surface area contributed by atoms with Gasteiger partial charge in [0, 0.05) is 12.1 Å². The predicted octanol–water partition coefficient (Wildman–Crippen LogP) is 2.32. The van der Waals surface area contributed by atoms with Crippen molar-refractivity contribution in [2.45, 2.75) is 27.2 Å². The fraction of sp³-hybridized carbons (Fsp3) is 0.467. The topological polar surface area (TPSA) is 75.6 Å². The number of carbonyl (C=O) groups is 2. The van der Waals surface area contributed by atoms with Crippen LogP contribution in [-0.4, -0.2) is 30.1 Å². The van der Waals surface area contributed by atoms with E-state index in [1.165, 1.54) is 0 Å². The standard InChI is InChI=1S/C15H21NO4/c1-4-20-12-7-5-11(6-8-12)13(17)16-10-9-15(2,3)14(18)19/h5-8H,4,9-10H2,1-3H3,(H,16,17)(H,18,19). The van der Waals surface area contributed by atoms with Crippen LogP contribution in [0.2, 0.25) is 0 Å². The van der Waals surface area contributed by atoms with Gasteiger partial charge in [-0.2, -0.15) is 0 Å². The summed E-state index contributed by atoms with van der Waals surface area (Å²) in [7, 11) is 0. The molecule has 0 aliphatic rings. The zero-order valence-electron chi connectivity index (χ0n) is 12.1. The van der Waals surface area contributed by atoms with Crippen LogP contribution < -0.4 is 10.1 Å². The first kappa shape index (κ1) is 16.0. The Hall–Kier alpha value is -2.04. The number of carboxylic acids is 1. The Morgan fingerprint density at radius 3 is 2.35 bits per heavy atom. The Kier molecular flexibility index (Phi) is 5.55. The van der Waals surface area contributed by atoms with Gasteiger partial charge in [0.15, 0.2) is 0 Å². The molecule has 0 aliphatic heterocycles. The lowest BCUT2D eigenvalue weighted by molar-refractivity contribution is -0.147. The number of nitrogens with one attached hydrogen (secondary N) is 1. The number of ether oxygens (including phenoxy) is 1. The molecule has 5 heteroatoms. The fourth-order valence-electron chi connectivity index (χ4n) is 1.57. The molecule has 0 atom stereocenters. The first-order chi connectivity index (χ1) is 9.36. The number of benzene rings is 1. The van der Waals surface area contributed by atoms with Crippen LogP contribution >= 0.6 is 0 Å². The Balaban J connectivity index is 2.49. The molecule has 1 aromatic carbocycles. The first-order valence-corrected chi connectivity index (χ1v) is 6.61. The third-order valence-corrected chi connectivity index (χ3v) is 3.04. The van der Waals surface area contributed by atoms with Gasteiger partial charge >= 0.3 is 5.97 Å². The number of hydrogen-bond acceptors (Lipinski definition) is 3. The highest BCUT2D eigenvalue weighted by atomic mass is 16.5. The second kappa shape index (κ2) is 6.93. The van der Waals surface area contributed by atoms with Crippen molar-refractivity contribution in [1.29, 1.82) is 0 Å². The van der Waals surface area contributed by atoms with Gasteiger partial charge < -0.3 is 15.2 Å². The van der Waals surface area contributed by atoms with Gasteiger partial charge in [0.1, 0.15) is 5.75 Å². The van der Waals surface area contributed by atoms with Crippen LogP contribution in [0.25, 0.3) is 0 Å². The number of amides is 1. The highest BCUT2D eigenvalue weighted by Gasteiger charge is 2.26. The van der Waals surface area contributed by atoms with E-state index in [1.807, 2.05) is 6.92 Å². The third kappa shape index (κ3) is 4.57. The maximum Gasteiger partial charge on any atom is 0.309 e. The zero-order chi connectivity index (χ0) is 15.2. The maximum absolute atomic E-state index is 11.9. The van der Waals surface area contributed by atoms with Gasteiger partial charge in [-0.3, -0.25) is 9.59 Å². The van der Waals surface area contributed by atoms with Crippen molar-refractivity contribution in [3.8, 4) is 5.75 Å². The molecule has 1 rings (SSSR count). The molecular formula is C15H21NO4. The summed E-state index contributed by atoms with van der Waals surface area (Å²) in [6.07, 6.45) is 0.380. The lowest BCUT2D eigenvalue weighted by atomic mass is 9.90. The quantitative estimate of drug-likeness (QED) is 0.803. The summed E-state index contributed by atoms with van der Waals surface area (Å²) in [5, 5.41) is 11.7. The first-order valence-electron chi connectivity index (χ1n) is 6.61. The van der Waals surface area contributed by atoms with Gasteiger partial charge in [-0.25, -0.2) is 0 Å². The molecule has 0 unspecified atom stereocenters. The van der Waals surface area contributed by atoms with Gasteiger partial charge in [-0.05, 0) is 51.5 Å². The van der Waals surface area contributed by atoms with Crippen LogP contribution in [0.4, 0.5) is 0 Å². The Labute approximate surface area is 118 Å². The number of rotatable bonds is 7. The van der Waals surface area contributed by atoms with Crippen LogP contribution in [0.15, 0.2) is 24.3 Å². The molecule has 0 spiro atoms. The zero-order valence-corrected chi connectivity index (χ0v) is 12.1. The number of hydrogen-bond donors (Lipinski definition) is 2. The average Bonchev–Trinajstić information content (AvgIpc) is 2.39. The molecule has 0 bridgehead atoms. The van der Waals surface area contributed by atoms with Gasteiger partial charge in [0.25, 0.3) is 5.91 Å². The molecule has 1 aromatic rings. The average molecular weight is 279 g/mol. The number of carbonyl (C=O) groups excluding carboxylic acids is 1. The highest BCUT2D eigenvalue weighted by Crippen LogP contribution is 2.19. The van der Waals surface area contributed by atoms with E-state index in [0.29, 0.717) is 25.1 Å². The van der Waals surface area contributed by atoms with Crippen molar-refractivity contribution < 1.29 is 19.4 Å². The maximum atomic E-state index is 11.9. The summed E-state index contributed by atoms with van der Waals surface area (Å²) in [4.78, 5) is 22.8. The molecule has 5 nitrogen and oxygen atoms in total. The van der Waals surface area contributed by atoms with E-state index in [4.69, 9.17) is 9.84 Å². The minimum atomic E-state index is -0.868. The lowest BCUT2D eigenvalue weighted by Gasteiger charge is -2.18. The molecule has 1 amide bonds. The van der Waals surface area contributed by atoms with Crippen LogP contribution in [0, 0.1) is 5.41 Å². The molecule has 0 saturated carbocycles. The molecule has 20 heavy (non-hydrogen) atoms. The summed E-state index contributed by atoms with van der Waals surface area (Å²) in [6, 6.07) is 6.84. The minimum Gasteiger partial charge on any atom is -0.494 e. The molecule has 0 fully saturated rings.